The molecule has 0 atom stereocenters. The molecule has 0 saturated carbocycles. The molecule has 33 heavy (non-hydrogen) atoms. The predicted molar refractivity (Wildman–Crippen MR) is 124 cm³/mol. The summed E-state index contributed by atoms with van der Waals surface area (Å²) in [4.78, 5) is 18.6. The summed E-state index contributed by atoms with van der Waals surface area (Å²) < 4.78 is 29.2. The molecule has 0 bridgehead atoms. The van der Waals surface area contributed by atoms with E-state index in [4.69, 9.17) is 11.6 Å². The van der Waals surface area contributed by atoms with Crippen molar-refractivity contribution >= 4 is 38.3 Å². The number of piperazine rings is 1. The van der Waals surface area contributed by atoms with Gasteiger partial charge in [0, 0.05) is 24.7 Å². The molecule has 5 rings (SSSR count). The van der Waals surface area contributed by atoms with Gasteiger partial charge in [-0.15, -0.1) is 0 Å². The van der Waals surface area contributed by atoms with Gasteiger partial charge in [-0.1, -0.05) is 35.9 Å². The Morgan fingerprint density at radius 1 is 0.939 bits per heavy atom. The minimum Gasteiger partial charge on any atom is -0.336 e. The van der Waals surface area contributed by atoms with Gasteiger partial charge in [0.25, 0.3) is 0 Å². The molecule has 2 heterocycles. The van der Waals surface area contributed by atoms with Crippen LogP contribution in [-0.4, -0.2) is 57.9 Å². The Balaban J connectivity index is 1.28. The summed E-state index contributed by atoms with van der Waals surface area (Å²) >= 11 is 6.01. The molecule has 0 aliphatic carbocycles. The lowest BCUT2D eigenvalue weighted by Crippen LogP contribution is -2.51. The number of rotatable bonds is 5. The van der Waals surface area contributed by atoms with Gasteiger partial charge in [0.1, 0.15) is 12.7 Å². The first-order valence-electron chi connectivity index (χ1n) is 10.3. The zero-order valence-electron chi connectivity index (χ0n) is 17.5. The van der Waals surface area contributed by atoms with E-state index in [2.05, 4.69) is 10.1 Å². The van der Waals surface area contributed by atoms with Crippen LogP contribution in [0.4, 0.5) is 0 Å². The lowest BCUT2D eigenvalue weighted by atomic mass is 10.1. The minimum absolute atomic E-state index is 0.169. The third-order valence-corrected chi connectivity index (χ3v) is 7.76. The molecule has 1 fully saturated rings. The van der Waals surface area contributed by atoms with Crippen molar-refractivity contribution in [1.29, 1.82) is 0 Å². The van der Waals surface area contributed by atoms with Crippen LogP contribution in [-0.2, 0) is 21.4 Å². The van der Waals surface area contributed by atoms with Gasteiger partial charge >= 0.3 is 0 Å². The van der Waals surface area contributed by atoms with Crippen molar-refractivity contribution in [3.63, 3.8) is 0 Å². The molecule has 0 unspecified atom stereocenters. The summed E-state index contributed by atoms with van der Waals surface area (Å²) in [5, 5.41) is 6.32. The first kappa shape index (κ1) is 21.6. The van der Waals surface area contributed by atoms with E-state index in [1.807, 2.05) is 24.3 Å². The summed E-state index contributed by atoms with van der Waals surface area (Å²) in [5.74, 6) is -0.224. The van der Waals surface area contributed by atoms with E-state index < -0.39 is 10.0 Å². The standard InChI is InChI=1S/C23H20ClN5O3S/c24-20-5-3-19-12-22(8-4-18(19)11-20)33(31,32)28-10-9-27(23(30)14-28)13-17-1-6-21(7-2-17)29-16-25-15-26-29/h1-8,11-12,15-16H,9-10,13-14H2. The molecule has 1 aromatic heterocycles. The zero-order valence-corrected chi connectivity index (χ0v) is 19.1. The minimum atomic E-state index is -3.79. The number of sulfonamides is 1. The van der Waals surface area contributed by atoms with E-state index in [0.29, 0.717) is 18.1 Å². The maximum Gasteiger partial charge on any atom is 0.243 e. The molecule has 4 aromatic rings. The number of benzene rings is 3. The number of amides is 1. The topological polar surface area (TPSA) is 88.4 Å². The maximum absolute atomic E-state index is 13.2. The molecule has 0 N–H and O–H groups in total. The largest absolute Gasteiger partial charge is 0.336 e. The number of nitrogens with zero attached hydrogens (tertiary/aromatic N) is 5. The maximum atomic E-state index is 13.2. The summed E-state index contributed by atoms with van der Waals surface area (Å²) in [6.07, 6.45) is 3.08. The smallest absolute Gasteiger partial charge is 0.243 e. The number of hydrogen-bond acceptors (Lipinski definition) is 5. The molecular formula is C23H20ClN5O3S. The fourth-order valence-electron chi connectivity index (χ4n) is 3.88. The Hall–Kier alpha value is -3.27. The normalized spacial score (nSPS) is 15.3. The number of hydrogen-bond donors (Lipinski definition) is 0. The van der Waals surface area contributed by atoms with E-state index in [-0.39, 0.29) is 23.9 Å². The van der Waals surface area contributed by atoms with Crippen LogP contribution < -0.4 is 0 Å². The number of aromatic nitrogens is 3. The third kappa shape index (κ3) is 4.35. The van der Waals surface area contributed by atoms with Gasteiger partial charge in [0.05, 0.1) is 17.1 Å². The highest BCUT2D eigenvalue weighted by Gasteiger charge is 2.32. The van der Waals surface area contributed by atoms with Gasteiger partial charge in [-0.05, 0) is 52.7 Å². The highest BCUT2D eigenvalue weighted by molar-refractivity contribution is 7.89. The SMILES string of the molecule is O=C1CN(S(=O)(=O)c2ccc3cc(Cl)ccc3c2)CCN1Cc1ccc(-n2cncn2)cc1. The molecule has 3 aromatic carbocycles. The zero-order chi connectivity index (χ0) is 23.0. The van der Waals surface area contributed by atoms with Crippen molar-refractivity contribution in [2.75, 3.05) is 19.6 Å². The van der Waals surface area contributed by atoms with Crippen LogP contribution in [0.5, 0.6) is 0 Å². The Bertz CT molecular complexity index is 1420. The molecule has 168 valence electrons. The van der Waals surface area contributed by atoms with Crippen LogP contribution in [0.1, 0.15) is 5.56 Å². The monoisotopic (exact) mass is 481 g/mol. The van der Waals surface area contributed by atoms with Crippen LogP contribution in [0.2, 0.25) is 5.02 Å². The molecule has 10 heteroatoms. The van der Waals surface area contributed by atoms with E-state index in [0.717, 1.165) is 22.0 Å². The van der Waals surface area contributed by atoms with E-state index in [9.17, 15) is 13.2 Å². The van der Waals surface area contributed by atoms with Crippen molar-refractivity contribution in [1.82, 2.24) is 24.0 Å². The van der Waals surface area contributed by atoms with Crippen molar-refractivity contribution in [2.45, 2.75) is 11.4 Å². The molecule has 1 aliphatic rings. The van der Waals surface area contributed by atoms with E-state index in [1.54, 1.807) is 52.3 Å². The summed E-state index contributed by atoms with van der Waals surface area (Å²) in [6.45, 7) is 0.801. The van der Waals surface area contributed by atoms with Crippen molar-refractivity contribution in [3.8, 4) is 5.69 Å². The van der Waals surface area contributed by atoms with Crippen molar-refractivity contribution < 1.29 is 13.2 Å². The van der Waals surface area contributed by atoms with Gasteiger partial charge in [-0.25, -0.2) is 18.1 Å². The molecule has 1 aliphatic heterocycles. The fourth-order valence-corrected chi connectivity index (χ4v) is 5.48. The van der Waals surface area contributed by atoms with Gasteiger partial charge in [0.15, 0.2) is 0 Å². The molecule has 1 amide bonds. The number of halogens is 1. The van der Waals surface area contributed by atoms with Gasteiger partial charge in [-0.2, -0.15) is 9.40 Å². The summed E-state index contributed by atoms with van der Waals surface area (Å²) in [6, 6.07) is 17.9. The van der Waals surface area contributed by atoms with E-state index >= 15 is 0 Å². The van der Waals surface area contributed by atoms with E-state index in [1.165, 1.54) is 10.6 Å². The quantitative estimate of drug-likeness (QED) is 0.437. The molecule has 0 radical (unpaired) electrons. The molecule has 1 saturated heterocycles. The first-order valence-corrected chi connectivity index (χ1v) is 12.1. The number of fused-ring (bicyclic) bond motifs is 1. The van der Waals surface area contributed by atoms with Crippen molar-refractivity contribution in [2.24, 2.45) is 0 Å². The fraction of sp³-hybridized carbons (Fsp3) is 0.174. The lowest BCUT2D eigenvalue weighted by molar-refractivity contribution is -0.134. The summed E-state index contributed by atoms with van der Waals surface area (Å²) in [5.41, 5.74) is 1.83. The Kier molecular flexibility index (Phi) is 5.61. The van der Waals surface area contributed by atoms with Gasteiger partial charge in [-0.3, -0.25) is 4.79 Å². The van der Waals surface area contributed by atoms with Crippen molar-refractivity contribution in [3.05, 3.63) is 83.9 Å². The second kappa shape index (κ2) is 8.58. The average Bonchev–Trinajstić information content (AvgIpc) is 3.35. The Labute approximate surface area is 196 Å². The van der Waals surface area contributed by atoms with Crippen LogP contribution >= 0.6 is 11.6 Å². The van der Waals surface area contributed by atoms with Crippen LogP contribution in [0, 0.1) is 0 Å². The van der Waals surface area contributed by atoms with Gasteiger partial charge < -0.3 is 4.90 Å². The number of carbonyl (C=O) groups is 1. The van der Waals surface area contributed by atoms with Crippen LogP contribution in [0.25, 0.3) is 16.5 Å². The third-order valence-electron chi connectivity index (χ3n) is 5.69. The highest BCUT2D eigenvalue weighted by atomic mass is 35.5. The van der Waals surface area contributed by atoms with Gasteiger partial charge in [0.2, 0.25) is 15.9 Å². The second-order valence-corrected chi connectivity index (χ2v) is 10.2. The molecule has 8 nitrogen and oxygen atoms in total. The predicted octanol–water partition coefficient (Wildman–Crippen LogP) is 3.11. The average molecular weight is 482 g/mol. The number of carbonyl (C=O) groups excluding carboxylic acids is 1. The first-order chi connectivity index (χ1) is 15.9. The summed E-state index contributed by atoms with van der Waals surface area (Å²) in [7, 11) is -3.79. The Morgan fingerprint density at radius 3 is 2.42 bits per heavy atom. The Morgan fingerprint density at radius 2 is 1.70 bits per heavy atom. The molecular weight excluding hydrogens is 462 g/mol. The second-order valence-electron chi connectivity index (χ2n) is 7.81. The lowest BCUT2D eigenvalue weighted by Gasteiger charge is -2.33. The highest BCUT2D eigenvalue weighted by Crippen LogP contribution is 2.25. The van der Waals surface area contributed by atoms with Crippen LogP contribution in [0.3, 0.4) is 0 Å². The molecule has 0 spiro atoms. The van der Waals surface area contributed by atoms with Crippen LogP contribution in [0.15, 0.2) is 78.2 Å².